The largest absolute Gasteiger partial charge is 0.462 e. The van der Waals surface area contributed by atoms with Gasteiger partial charge in [-0.15, -0.1) is 16.7 Å². The van der Waals surface area contributed by atoms with Crippen molar-refractivity contribution in [2.75, 3.05) is 6.61 Å². The molecule has 2 aromatic heterocycles. The van der Waals surface area contributed by atoms with E-state index in [1.165, 1.54) is 0 Å². The van der Waals surface area contributed by atoms with Crippen LogP contribution in [0.2, 0.25) is 0 Å². The minimum absolute atomic E-state index is 0.142. The van der Waals surface area contributed by atoms with Gasteiger partial charge in [-0.3, -0.25) is 4.68 Å². The molecule has 0 aliphatic heterocycles. The molecule has 0 spiro atoms. The molecule has 3 aromatic rings. The molecule has 140 valence electrons. The third-order valence-electron chi connectivity index (χ3n) is 4.75. The molecule has 7 nitrogen and oxygen atoms in total. The van der Waals surface area contributed by atoms with E-state index in [-0.39, 0.29) is 17.8 Å². The van der Waals surface area contributed by atoms with Crippen LogP contribution >= 0.6 is 11.6 Å². The average Bonchev–Trinajstić information content (AvgIpc) is 3.13. The third-order valence-corrected chi connectivity index (χ3v) is 5.06. The highest BCUT2D eigenvalue weighted by molar-refractivity contribution is 6.17. The topological polar surface area (TPSA) is 74.8 Å². The van der Waals surface area contributed by atoms with E-state index in [1.807, 2.05) is 42.2 Å². The summed E-state index contributed by atoms with van der Waals surface area (Å²) in [6, 6.07) is 7.85. The molecule has 27 heavy (non-hydrogen) atoms. The molecule has 0 N–H and O–H groups in total. The van der Waals surface area contributed by atoms with Crippen molar-refractivity contribution in [3.8, 4) is 5.69 Å². The van der Waals surface area contributed by atoms with Crippen molar-refractivity contribution in [1.29, 1.82) is 0 Å². The van der Waals surface area contributed by atoms with E-state index in [4.69, 9.17) is 16.3 Å². The minimum atomic E-state index is -0.350. The summed E-state index contributed by atoms with van der Waals surface area (Å²) in [5.41, 5.74) is 4.16. The van der Waals surface area contributed by atoms with E-state index >= 15 is 0 Å². The number of aryl methyl sites for hydroxylation is 1. The van der Waals surface area contributed by atoms with Gasteiger partial charge in [0.1, 0.15) is 5.56 Å². The lowest BCUT2D eigenvalue weighted by atomic mass is 10.1. The molecule has 0 saturated heterocycles. The summed E-state index contributed by atoms with van der Waals surface area (Å²) in [6.07, 6.45) is 4.41. The van der Waals surface area contributed by atoms with E-state index in [0.717, 1.165) is 29.1 Å². The zero-order valence-electron chi connectivity index (χ0n) is 15.2. The first-order chi connectivity index (χ1) is 13.1. The van der Waals surface area contributed by atoms with Gasteiger partial charge in [0.25, 0.3) is 0 Å². The van der Waals surface area contributed by atoms with Gasteiger partial charge in [-0.2, -0.15) is 5.10 Å². The predicted octanol–water partition coefficient (Wildman–Crippen LogP) is 3.19. The zero-order chi connectivity index (χ0) is 19.0. The van der Waals surface area contributed by atoms with E-state index in [0.29, 0.717) is 18.1 Å². The van der Waals surface area contributed by atoms with Crippen LogP contribution in [0.1, 0.15) is 52.5 Å². The van der Waals surface area contributed by atoms with Gasteiger partial charge < -0.3 is 4.74 Å². The fourth-order valence-electron chi connectivity index (χ4n) is 3.42. The van der Waals surface area contributed by atoms with Gasteiger partial charge in [0.15, 0.2) is 0 Å². The van der Waals surface area contributed by atoms with E-state index in [9.17, 15) is 4.79 Å². The summed E-state index contributed by atoms with van der Waals surface area (Å²) in [6.45, 7) is 2.12. The van der Waals surface area contributed by atoms with Gasteiger partial charge in [-0.25, -0.2) is 9.48 Å². The molecule has 1 aliphatic rings. The van der Waals surface area contributed by atoms with Gasteiger partial charge in [0.2, 0.25) is 0 Å². The fraction of sp³-hybridized carbons (Fsp3) is 0.368. The van der Waals surface area contributed by atoms with Crippen LogP contribution in [0.4, 0.5) is 0 Å². The number of carbonyl (C=O) groups is 1. The van der Waals surface area contributed by atoms with Crippen molar-refractivity contribution in [2.24, 2.45) is 7.05 Å². The van der Waals surface area contributed by atoms with Crippen LogP contribution < -0.4 is 0 Å². The van der Waals surface area contributed by atoms with Crippen molar-refractivity contribution in [3.05, 3.63) is 59.2 Å². The lowest BCUT2D eigenvalue weighted by Crippen LogP contribution is -2.09. The molecular formula is C19H20ClN5O2. The van der Waals surface area contributed by atoms with Crippen LogP contribution in [-0.2, 0) is 17.7 Å². The number of hydrogen-bond acceptors (Lipinski definition) is 5. The Morgan fingerprint density at radius 3 is 2.93 bits per heavy atom. The molecule has 0 amide bonds. The molecule has 1 aliphatic carbocycles. The molecule has 4 rings (SSSR count). The second-order valence-electron chi connectivity index (χ2n) is 6.65. The summed E-state index contributed by atoms with van der Waals surface area (Å²) in [5, 5.41) is 12.7. The number of ether oxygens (including phenoxy) is 1. The number of carbonyl (C=O) groups excluding carboxylic acids is 1. The second kappa shape index (κ2) is 7.15. The summed E-state index contributed by atoms with van der Waals surface area (Å²) in [5.74, 6) is 0.430. The number of halogens is 1. The Bertz CT molecular complexity index is 980. The number of hydrogen-bond donors (Lipinski definition) is 0. The first kappa shape index (κ1) is 17.7. The fourth-order valence-corrected chi connectivity index (χ4v) is 3.58. The first-order valence-corrected chi connectivity index (χ1v) is 9.42. The number of benzene rings is 1. The van der Waals surface area contributed by atoms with E-state index in [1.54, 1.807) is 17.8 Å². The Morgan fingerprint density at radius 1 is 1.37 bits per heavy atom. The Kier molecular flexibility index (Phi) is 4.70. The van der Waals surface area contributed by atoms with Crippen LogP contribution in [0.15, 0.2) is 36.7 Å². The van der Waals surface area contributed by atoms with Crippen LogP contribution in [0.3, 0.4) is 0 Å². The van der Waals surface area contributed by atoms with Crippen LogP contribution in [0.25, 0.3) is 5.69 Å². The number of nitrogens with zero attached hydrogens (tertiary/aromatic N) is 5. The average molecular weight is 386 g/mol. The highest BCUT2D eigenvalue weighted by atomic mass is 35.5. The molecule has 2 unspecified atom stereocenters. The van der Waals surface area contributed by atoms with Gasteiger partial charge in [0, 0.05) is 31.0 Å². The van der Waals surface area contributed by atoms with Crippen LogP contribution in [0, 0.1) is 0 Å². The second-order valence-corrected chi connectivity index (χ2v) is 6.91. The number of alkyl halides is 1. The molecule has 1 fully saturated rings. The molecular weight excluding hydrogens is 366 g/mol. The molecule has 2 atom stereocenters. The zero-order valence-corrected chi connectivity index (χ0v) is 15.9. The minimum Gasteiger partial charge on any atom is -0.462 e. The normalized spacial score (nSPS) is 18.5. The van der Waals surface area contributed by atoms with Crippen molar-refractivity contribution in [2.45, 2.75) is 31.1 Å². The van der Waals surface area contributed by atoms with E-state index < -0.39 is 0 Å². The number of aromatic nitrogens is 5. The SMILES string of the molecule is CCOC(=O)c1cnn(-c2cccc(CCl)c2)c1C1CC1c1cn(C)nn1. The van der Waals surface area contributed by atoms with E-state index in [2.05, 4.69) is 15.4 Å². The molecule has 1 saturated carbocycles. The molecule has 1 aromatic carbocycles. The van der Waals surface area contributed by atoms with Crippen LogP contribution in [-0.4, -0.2) is 37.4 Å². The van der Waals surface area contributed by atoms with Crippen molar-refractivity contribution in [1.82, 2.24) is 24.8 Å². The maximum atomic E-state index is 12.5. The Hall–Kier alpha value is -2.67. The number of esters is 1. The maximum Gasteiger partial charge on any atom is 0.341 e. The Balaban J connectivity index is 1.75. The van der Waals surface area contributed by atoms with Crippen LogP contribution in [0.5, 0.6) is 0 Å². The van der Waals surface area contributed by atoms with Gasteiger partial charge in [0.05, 0.1) is 29.9 Å². The highest BCUT2D eigenvalue weighted by Crippen LogP contribution is 2.55. The summed E-state index contributed by atoms with van der Waals surface area (Å²) < 4.78 is 8.76. The molecule has 0 bridgehead atoms. The quantitative estimate of drug-likeness (QED) is 0.481. The molecule has 8 heteroatoms. The highest BCUT2D eigenvalue weighted by Gasteiger charge is 2.46. The van der Waals surface area contributed by atoms with Crippen molar-refractivity contribution >= 4 is 17.6 Å². The summed E-state index contributed by atoms with van der Waals surface area (Å²) in [7, 11) is 1.85. The smallest absolute Gasteiger partial charge is 0.341 e. The number of rotatable bonds is 6. The third kappa shape index (κ3) is 3.35. The lowest BCUT2D eigenvalue weighted by molar-refractivity contribution is 0.0525. The van der Waals surface area contributed by atoms with Gasteiger partial charge in [-0.1, -0.05) is 17.3 Å². The maximum absolute atomic E-state index is 12.5. The first-order valence-electron chi connectivity index (χ1n) is 8.89. The molecule has 0 radical (unpaired) electrons. The predicted molar refractivity (Wildman–Crippen MR) is 100 cm³/mol. The standard InChI is InChI=1S/C19H20ClN5O2/c1-3-27-19(26)16-10-21-25(13-6-4-5-12(7-13)9-20)18(16)15-8-14(15)17-11-24(2)23-22-17/h4-7,10-11,14-15H,3,8-9H2,1-2H3. The Labute approximate surface area is 161 Å². The summed E-state index contributed by atoms with van der Waals surface area (Å²) >= 11 is 5.98. The van der Waals surface area contributed by atoms with Gasteiger partial charge in [-0.05, 0) is 31.0 Å². The van der Waals surface area contributed by atoms with Gasteiger partial charge >= 0.3 is 5.97 Å². The lowest BCUT2D eigenvalue weighted by Gasteiger charge is -2.10. The van der Waals surface area contributed by atoms with Crippen molar-refractivity contribution < 1.29 is 9.53 Å². The Morgan fingerprint density at radius 2 is 2.22 bits per heavy atom. The molecule has 2 heterocycles. The summed E-state index contributed by atoms with van der Waals surface area (Å²) in [4.78, 5) is 12.5. The monoisotopic (exact) mass is 385 g/mol. The van der Waals surface area contributed by atoms with Crippen molar-refractivity contribution in [3.63, 3.8) is 0 Å².